The van der Waals surface area contributed by atoms with Crippen LogP contribution >= 0.6 is 0 Å². The summed E-state index contributed by atoms with van der Waals surface area (Å²) in [5.74, 6) is 0.352. The molecule has 3 unspecified atom stereocenters. The standard InChI is InChI=1S/C11H23NO/c1-8(7-13)9(2)12-10(3)11(4)5-6-11/h8-10,12-13H,5-7H2,1-4H3. The van der Waals surface area contributed by atoms with Crippen molar-refractivity contribution < 1.29 is 5.11 Å². The molecule has 0 aromatic rings. The van der Waals surface area contributed by atoms with Gasteiger partial charge in [0.1, 0.15) is 0 Å². The van der Waals surface area contributed by atoms with Gasteiger partial charge >= 0.3 is 0 Å². The number of hydrogen-bond acceptors (Lipinski definition) is 2. The second-order valence-electron chi connectivity index (χ2n) is 4.99. The van der Waals surface area contributed by atoms with E-state index >= 15 is 0 Å². The van der Waals surface area contributed by atoms with Crippen LogP contribution in [-0.4, -0.2) is 23.8 Å². The van der Waals surface area contributed by atoms with Crippen LogP contribution in [0, 0.1) is 11.3 Å². The van der Waals surface area contributed by atoms with Crippen LogP contribution < -0.4 is 5.32 Å². The van der Waals surface area contributed by atoms with Gasteiger partial charge < -0.3 is 10.4 Å². The molecule has 0 bridgehead atoms. The Labute approximate surface area is 81.7 Å². The Morgan fingerprint density at radius 3 is 2.23 bits per heavy atom. The summed E-state index contributed by atoms with van der Waals surface area (Å²) in [4.78, 5) is 0. The van der Waals surface area contributed by atoms with E-state index < -0.39 is 0 Å². The highest BCUT2D eigenvalue weighted by Crippen LogP contribution is 2.48. The molecule has 0 aromatic carbocycles. The maximum atomic E-state index is 9.00. The van der Waals surface area contributed by atoms with E-state index in [2.05, 4.69) is 33.0 Å². The van der Waals surface area contributed by atoms with Gasteiger partial charge in [-0.15, -0.1) is 0 Å². The molecule has 0 spiro atoms. The fourth-order valence-corrected chi connectivity index (χ4v) is 1.55. The minimum absolute atomic E-state index is 0.275. The van der Waals surface area contributed by atoms with E-state index in [1.54, 1.807) is 0 Å². The zero-order chi connectivity index (χ0) is 10.1. The van der Waals surface area contributed by atoms with E-state index in [0.29, 0.717) is 23.4 Å². The minimum atomic E-state index is 0.275. The van der Waals surface area contributed by atoms with Gasteiger partial charge in [0, 0.05) is 18.7 Å². The molecule has 0 heterocycles. The maximum absolute atomic E-state index is 9.00. The molecular weight excluding hydrogens is 162 g/mol. The fourth-order valence-electron chi connectivity index (χ4n) is 1.55. The first kappa shape index (κ1) is 11.0. The highest BCUT2D eigenvalue weighted by molar-refractivity contribution is 4.97. The number of nitrogens with one attached hydrogen (secondary N) is 1. The van der Waals surface area contributed by atoms with Crippen LogP contribution in [0.25, 0.3) is 0 Å². The molecule has 13 heavy (non-hydrogen) atoms. The summed E-state index contributed by atoms with van der Waals surface area (Å²) in [6.07, 6.45) is 2.70. The van der Waals surface area contributed by atoms with Gasteiger partial charge in [0.15, 0.2) is 0 Å². The van der Waals surface area contributed by atoms with E-state index in [4.69, 9.17) is 5.11 Å². The molecule has 1 aliphatic rings. The lowest BCUT2D eigenvalue weighted by Crippen LogP contribution is -2.43. The van der Waals surface area contributed by atoms with Gasteiger partial charge in [0.05, 0.1) is 0 Å². The summed E-state index contributed by atoms with van der Waals surface area (Å²) in [7, 11) is 0. The van der Waals surface area contributed by atoms with Crippen molar-refractivity contribution in [3.05, 3.63) is 0 Å². The molecule has 0 aromatic heterocycles. The number of aliphatic hydroxyl groups excluding tert-OH is 1. The van der Waals surface area contributed by atoms with Crippen molar-refractivity contribution in [1.82, 2.24) is 5.32 Å². The Hall–Kier alpha value is -0.0800. The lowest BCUT2D eigenvalue weighted by molar-refractivity contribution is 0.193. The van der Waals surface area contributed by atoms with Crippen molar-refractivity contribution in [2.24, 2.45) is 11.3 Å². The largest absolute Gasteiger partial charge is 0.396 e. The first-order valence-electron chi connectivity index (χ1n) is 5.36. The smallest absolute Gasteiger partial charge is 0.0471 e. The summed E-state index contributed by atoms with van der Waals surface area (Å²) in [6.45, 7) is 9.11. The Balaban J connectivity index is 2.31. The minimum Gasteiger partial charge on any atom is -0.396 e. The Kier molecular flexibility index (Phi) is 3.36. The normalized spacial score (nSPS) is 26.5. The third-order valence-electron chi connectivity index (χ3n) is 3.74. The van der Waals surface area contributed by atoms with Gasteiger partial charge in [-0.25, -0.2) is 0 Å². The van der Waals surface area contributed by atoms with Crippen LogP contribution in [0.4, 0.5) is 0 Å². The monoisotopic (exact) mass is 185 g/mol. The van der Waals surface area contributed by atoms with E-state index in [-0.39, 0.29) is 6.61 Å². The maximum Gasteiger partial charge on any atom is 0.0471 e. The van der Waals surface area contributed by atoms with Crippen molar-refractivity contribution in [2.75, 3.05) is 6.61 Å². The third-order valence-corrected chi connectivity index (χ3v) is 3.74. The summed E-state index contributed by atoms with van der Waals surface area (Å²) < 4.78 is 0. The molecule has 0 radical (unpaired) electrons. The predicted molar refractivity (Wildman–Crippen MR) is 55.7 cm³/mol. The molecule has 2 heteroatoms. The molecular formula is C11H23NO. The van der Waals surface area contributed by atoms with Gasteiger partial charge in [-0.05, 0) is 38.0 Å². The van der Waals surface area contributed by atoms with E-state index in [9.17, 15) is 0 Å². The number of hydrogen-bond donors (Lipinski definition) is 2. The summed E-state index contributed by atoms with van der Waals surface area (Å²) in [5, 5.41) is 12.6. The van der Waals surface area contributed by atoms with Crippen LogP contribution in [0.1, 0.15) is 40.5 Å². The Bertz CT molecular complexity index is 165. The van der Waals surface area contributed by atoms with Gasteiger partial charge in [-0.1, -0.05) is 13.8 Å². The quantitative estimate of drug-likeness (QED) is 0.684. The molecule has 1 aliphatic carbocycles. The topological polar surface area (TPSA) is 32.3 Å². The Morgan fingerprint density at radius 2 is 1.85 bits per heavy atom. The van der Waals surface area contributed by atoms with Gasteiger partial charge in [-0.3, -0.25) is 0 Å². The zero-order valence-corrected chi connectivity index (χ0v) is 9.30. The first-order valence-corrected chi connectivity index (χ1v) is 5.36. The molecule has 2 N–H and O–H groups in total. The van der Waals surface area contributed by atoms with E-state index in [1.807, 2.05) is 0 Å². The zero-order valence-electron chi connectivity index (χ0n) is 9.30. The van der Waals surface area contributed by atoms with Crippen molar-refractivity contribution >= 4 is 0 Å². The van der Waals surface area contributed by atoms with Crippen LogP contribution in [0.3, 0.4) is 0 Å². The average Bonchev–Trinajstić information content (AvgIpc) is 2.83. The van der Waals surface area contributed by atoms with Crippen LogP contribution in [-0.2, 0) is 0 Å². The summed E-state index contributed by atoms with van der Waals surface area (Å²) in [6, 6.07) is 0.994. The van der Waals surface area contributed by atoms with Crippen LogP contribution in [0.15, 0.2) is 0 Å². The van der Waals surface area contributed by atoms with Crippen molar-refractivity contribution in [2.45, 2.75) is 52.6 Å². The molecule has 0 saturated heterocycles. The van der Waals surface area contributed by atoms with Gasteiger partial charge in [0.2, 0.25) is 0 Å². The van der Waals surface area contributed by atoms with Crippen molar-refractivity contribution in [3.63, 3.8) is 0 Å². The van der Waals surface area contributed by atoms with E-state index in [1.165, 1.54) is 12.8 Å². The lowest BCUT2D eigenvalue weighted by Gasteiger charge is -2.27. The molecule has 78 valence electrons. The summed E-state index contributed by atoms with van der Waals surface area (Å²) in [5.41, 5.74) is 0.531. The summed E-state index contributed by atoms with van der Waals surface area (Å²) >= 11 is 0. The van der Waals surface area contributed by atoms with E-state index in [0.717, 1.165) is 0 Å². The van der Waals surface area contributed by atoms with Crippen LogP contribution in [0.5, 0.6) is 0 Å². The van der Waals surface area contributed by atoms with Gasteiger partial charge in [-0.2, -0.15) is 0 Å². The van der Waals surface area contributed by atoms with Gasteiger partial charge in [0.25, 0.3) is 0 Å². The molecule has 1 rings (SSSR count). The highest BCUT2D eigenvalue weighted by Gasteiger charge is 2.42. The van der Waals surface area contributed by atoms with Crippen LogP contribution in [0.2, 0.25) is 0 Å². The predicted octanol–water partition coefficient (Wildman–Crippen LogP) is 1.78. The lowest BCUT2D eigenvalue weighted by atomic mass is 9.97. The SMILES string of the molecule is CC(CO)C(C)NC(C)C1(C)CC1. The first-order chi connectivity index (χ1) is 5.99. The molecule has 0 amide bonds. The molecule has 1 fully saturated rings. The number of rotatable bonds is 5. The number of aliphatic hydroxyl groups is 1. The average molecular weight is 185 g/mol. The Morgan fingerprint density at radius 1 is 1.31 bits per heavy atom. The second-order valence-corrected chi connectivity index (χ2v) is 4.99. The molecule has 3 atom stereocenters. The molecule has 1 saturated carbocycles. The van der Waals surface area contributed by atoms with Crippen molar-refractivity contribution in [1.29, 1.82) is 0 Å². The van der Waals surface area contributed by atoms with Crippen molar-refractivity contribution in [3.8, 4) is 0 Å². The fraction of sp³-hybridized carbons (Fsp3) is 1.00. The molecule has 0 aliphatic heterocycles. The molecule has 2 nitrogen and oxygen atoms in total. The second kappa shape index (κ2) is 3.97. The third kappa shape index (κ3) is 2.68. The highest BCUT2D eigenvalue weighted by atomic mass is 16.3.